The number of para-hydroxylation sites is 1. The average molecular weight is 754 g/mol. The summed E-state index contributed by atoms with van der Waals surface area (Å²) in [5.41, 5.74) is 2.51. The maximum absolute atomic E-state index is 12.6. The van der Waals surface area contributed by atoms with Gasteiger partial charge in [0.1, 0.15) is 17.1 Å². The van der Waals surface area contributed by atoms with E-state index in [1.807, 2.05) is 6.07 Å². The zero-order valence-electron chi connectivity index (χ0n) is 23.7. The number of anilines is 2. The smallest absolute Gasteiger partial charge is 0.399 e. The molecule has 5 aromatic rings. The summed E-state index contributed by atoms with van der Waals surface area (Å²) < 4.78 is 61.2. The van der Waals surface area contributed by atoms with Crippen molar-refractivity contribution in [2.24, 2.45) is 0 Å². The predicted octanol–water partition coefficient (Wildman–Crippen LogP) is 10.8. The van der Waals surface area contributed by atoms with Crippen LogP contribution in [-0.4, -0.2) is 18.1 Å². The molecule has 46 heavy (non-hydrogen) atoms. The molecule has 0 aliphatic rings. The zero-order valence-corrected chi connectivity index (χ0v) is 27.7. The Bertz CT molecular complexity index is 1920. The van der Waals surface area contributed by atoms with Crippen molar-refractivity contribution in [1.82, 2.24) is 4.98 Å². The van der Waals surface area contributed by atoms with E-state index in [1.54, 1.807) is 83.9 Å². The minimum Gasteiger partial charge on any atom is -0.465 e. The second kappa shape index (κ2) is 14.8. The predicted molar refractivity (Wildman–Crippen MR) is 172 cm³/mol. The summed E-state index contributed by atoms with van der Waals surface area (Å²) in [7, 11) is -3.30. The number of hydrogen-bond donors (Lipinski definition) is 0. The molecule has 0 saturated heterocycles. The zero-order chi connectivity index (χ0) is 32.8. The first-order valence-corrected chi connectivity index (χ1v) is 16.5. The molecule has 1 heterocycles. The van der Waals surface area contributed by atoms with Gasteiger partial charge in [0, 0.05) is 15.7 Å². The third-order valence-corrected chi connectivity index (χ3v) is 9.24. The van der Waals surface area contributed by atoms with E-state index in [-0.39, 0.29) is 23.7 Å². The molecular formula is C31H22BrCl2F2N2O7P. The highest BCUT2D eigenvalue weighted by molar-refractivity contribution is 9.10. The largest absolute Gasteiger partial charge is 0.465 e. The Hall–Kier alpha value is -3.77. The van der Waals surface area contributed by atoms with E-state index in [9.17, 15) is 18.4 Å². The molecule has 238 valence electrons. The van der Waals surface area contributed by atoms with Gasteiger partial charge in [-0.05, 0) is 68.7 Å². The number of hydrogen-bond acceptors (Lipinski definition) is 9. The van der Waals surface area contributed by atoms with Gasteiger partial charge in [-0.1, -0.05) is 75.5 Å². The lowest BCUT2D eigenvalue weighted by atomic mass is 10.1. The molecule has 1 aromatic heterocycles. The van der Waals surface area contributed by atoms with Gasteiger partial charge in [0.15, 0.2) is 5.76 Å². The highest BCUT2D eigenvalue weighted by Crippen LogP contribution is 2.53. The van der Waals surface area contributed by atoms with E-state index in [1.165, 1.54) is 13.2 Å². The number of rotatable bonds is 12. The monoisotopic (exact) mass is 752 g/mol. The molecule has 0 bridgehead atoms. The number of carbonyl (C=O) groups is 1. The number of nitrogens with zero attached hydrogens (tertiary/aromatic N) is 2. The molecule has 0 atom stereocenters. The minimum atomic E-state index is -4.59. The molecule has 0 N–H and O–H groups in total. The lowest BCUT2D eigenvalue weighted by Gasteiger charge is -2.22. The number of esters is 1. The molecule has 5 rings (SSSR count). The molecule has 9 nitrogen and oxygen atoms in total. The Balaban J connectivity index is 1.45. The average Bonchev–Trinajstić information content (AvgIpc) is 3.56. The summed E-state index contributed by atoms with van der Waals surface area (Å²) in [4.78, 5) is 18.4. The van der Waals surface area contributed by atoms with Crippen molar-refractivity contribution < 1.29 is 41.8 Å². The third kappa shape index (κ3) is 7.78. The van der Waals surface area contributed by atoms with Gasteiger partial charge in [-0.25, -0.2) is 9.78 Å². The maximum Gasteiger partial charge on any atom is 0.399 e. The van der Waals surface area contributed by atoms with Crippen LogP contribution in [0.15, 0.2) is 100 Å². The van der Waals surface area contributed by atoms with Gasteiger partial charge in [0.2, 0.25) is 0 Å². The van der Waals surface area contributed by atoms with Gasteiger partial charge in [-0.2, -0.15) is 0 Å². The number of carbonyl (C=O) groups excluding carboxylic acids is 1. The van der Waals surface area contributed by atoms with Crippen LogP contribution in [0.25, 0.3) is 11.3 Å². The van der Waals surface area contributed by atoms with Crippen molar-refractivity contribution in [3.05, 3.63) is 122 Å². The molecule has 0 radical (unpaired) electrons. The summed E-state index contributed by atoms with van der Waals surface area (Å²) in [6, 6.07) is 23.9. The fourth-order valence-electron chi connectivity index (χ4n) is 4.39. The highest BCUT2D eigenvalue weighted by atomic mass is 79.9. The molecule has 0 spiro atoms. The summed E-state index contributed by atoms with van der Waals surface area (Å²) in [5, 5.41) is 0.656. The Morgan fingerprint density at radius 1 is 0.978 bits per heavy atom. The van der Waals surface area contributed by atoms with Crippen molar-refractivity contribution in [2.75, 3.05) is 12.0 Å². The Labute approximate surface area is 280 Å². The number of methoxy groups -OCH3 is 1. The van der Waals surface area contributed by atoms with E-state index in [0.29, 0.717) is 48.6 Å². The third-order valence-electron chi connectivity index (χ3n) is 6.61. The van der Waals surface area contributed by atoms with Crippen molar-refractivity contribution in [3.8, 4) is 22.8 Å². The standard InChI is InChI=1S/C31H22BrCl2F2N2O7P/c1-41-30(39)24-7-2-3-8-28(24)42-23-6-4-5-20(14-23)29-16-37-31(43-29)38(22-11-12-26(33)27(34)15-22)17-19-9-10-21(25(32)13-19)18-46(40,44-35)45-36/h2-16H,17-18H2,1H3. The molecule has 0 fully saturated rings. The van der Waals surface area contributed by atoms with Gasteiger partial charge >= 0.3 is 19.6 Å². The van der Waals surface area contributed by atoms with Crippen LogP contribution < -0.4 is 9.64 Å². The second-order valence-electron chi connectivity index (χ2n) is 9.64. The summed E-state index contributed by atoms with van der Waals surface area (Å²) in [6.07, 6.45) is 0.906. The Morgan fingerprint density at radius 3 is 2.48 bits per heavy atom. The summed E-state index contributed by atoms with van der Waals surface area (Å²) in [6.45, 7) is 0.196. The van der Waals surface area contributed by atoms with Gasteiger partial charge in [-0.3, -0.25) is 9.46 Å². The van der Waals surface area contributed by atoms with Crippen molar-refractivity contribution in [2.45, 2.75) is 12.7 Å². The highest BCUT2D eigenvalue weighted by Gasteiger charge is 2.29. The molecule has 0 saturated carbocycles. The van der Waals surface area contributed by atoms with Crippen LogP contribution in [-0.2, 0) is 31.5 Å². The van der Waals surface area contributed by atoms with Crippen LogP contribution in [0.5, 0.6) is 11.5 Å². The van der Waals surface area contributed by atoms with Gasteiger partial charge < -0.3 is 13.9 Å². The van der Waals surface area contributed by atoms with Crippen LogP contribution in [0.2, 0.25) is 10.0 Å². The Kier molecular flexibility index (Phi) is 10.8. The maximum atomic E-state index is 12.6. The topological polar surface area (TPSA) is 100 Å². The molecule has 0 aliphatic carbocycles. The SMILES string of the molecule is COC(=O)c1ccccc1Oc1cccc(-c2cnc(N(Cc3ccc(CP(=O)(OF)OF)c(Br)c3)c3ccc(Cl)c(Cl)c3)o2)c1. The number of benzene rings is 4. The number of halogens is 5. The van der Waals surface area contributed by atoms with Crippen molar-refractivity contribution >= 4 is 64.4 Å². The van der Waals surface area contributed by atoms with Crippen LogP contribution in [0.1, 0.15) is 21.5 Å². The molecule has 0 aliphatic heterocycles. The number of ether oxygens (including phenoxy) is 2. The van der Waals surface area contributed by atoms with E-state index in [4.69, 9.17) is 37.1 Å². The summed E-state index contributed by atoms with van der Waals surface area (Å²) >= 11 is 15.9. The molecular weight excluding hydrogens is 732 g/mol. The molecule has 4 aromatic carbocycles. The van der Waals surface area contributed by atoms with Crippen LogP contribution >= 0.6 is 46.7 Å². The van der Waals surface area contributed by atoms with E-state index >= 15 is 0 Å². The first-order valence-electron chi connectivity index (χ1n) is 13.2. The van der Waals surface area contributed by atoms with E-state index in [0.717, 1.165) is 0 Å². The number of oxazole rings is 1. The fourth-order valence-corrected chi connectivity index (χ4v) is 6.27. The Morgan fingerprint density at radius 2 is 1.76 bits per heavy atom. The lowest BCUT2D eigenvalue weighted by Crippen LogP contribution is -2.17. The number of aromatic nitrogens is 1. The van der Waals surface area contributed by atoms with Gasteiger partial charge in [0.25, 0.3) is 0 Å². The quantitative estimate of drug-likeness (QED) is 0.0910. The first-order chi connectivity index (χ1) is 22.1. The summed E-state index contributed by atoms with van der Waals surface area (Å²) in [5.74, 6) is 0.652. The molecule has 0 amide bonds. The van der Waals surface area contributed by atoms with E-state index in [2.05, 4.69) is 30.4 Å². The second-order valence-corrected chi connectivity index (χ2v) is 13.1. The van der Waals surface area contributed by atoms with Crippen LogP contribution in [0.3, 0.4) is 0 Å². The van der Waals surface area contributed by atoms with Crippen molar-refractivity contribution in [1.29, 1.82) is 0 Å². The van der Waals surface area contributed by atoms with Gasteiger partial charge in [-0.15, -0.1) is 9.46 Å². The molecule has 0 unspecified atom stereocenters. The fraction of sp³-hybridized carbons (Fsp3) is 0.0968. The molecule has 15 heteroatoms. The van der Waals surface area contributed by atoms with Gasteiger partial charge in [0.05, 0.1) is 36.1 Å². The normalized spacial score (nSPS) is 11.3. The van der Waals surface area contributed by atoms with Crippen LogP contribution in [0.4, 0.5) is 20.8 Å². The first kappa shape index (κ1) is 33.6. The minimum absolute atomic E-state index is 0.196. The van der Waals surface area contributed by atoms with E-state index < -0.39 is 19.7 Å². The lowest BCUT2D eigenvalue weighted by molar-refractivity contribution is -0.0881. The van der Waals surface area contributed by atoms with Crippen LogP contribution in [0, 0.1) is 0 Å². The van der Waals surface area contributed by atoms with Crippen molar-refractivity contribution in [3.63, 3.8) is 0 Å².